The molecule has 2 aromatic carbocycles. The van der Waals surface area contributed by atoms with Crippen LogP contribution >= 0.6 is 11.6 Å². The first-order valence-electron chi connectivity index (χ1n) is 10.7. The molecule has 2 atom stereocenters. The normalized spacial score (nSPS) is 15.9. The third-order valence-electron chi connectivity index (χ3n) is 5.15. The molecule has 186 valence electrons. The molecule has 2 amide bonds. The number of benzene rings is 2. The van der Waals surface area contributed by atoms with Crippen molar-refractivity contribution in [3.8, 4) is 5.75 Å². The summed E-state index contributed by atoms with van der Waals surface area (Å²) in [7, 11) is 0. The van der Waals surface area contributed by atoms with Crippen molar-refractivity contribution in [2.45, 2.75) is 25.5 Å². The average Bonchev–Trinajstić information content (AvgIpc) is 2.81. The number of halogens is 1. The number of aliphatic carboxylic acids is 1. The molecule has 7 N–H and O–H groups in total. The number of aryl methyl sites for hydroxylation is 1. The summed E-state index contributed by atoms with van der Waals surface area (Å²) in [5.74, 6) is -2.05. The number of carbonyl (C=O) groups is 3. The lowest BCUT2D eigenvalue weighted by atomic mass is 10.00. The first-order valence-corrected chi connectivity index (χ1v) is 11.1. The molecule has 0 bridgehead atoms. The standard InChI is InChI=1S/C23H26ClN5O6/c1-12-5-14(24)7-17(21(12)34)18(8-20(32)33)29-19(31)11-25-22(35)13-3-2-4-15(6-13)28-23-26-9-16(30)10-27-23/h2-7,16,18,30,34H,8-11H2,1H3,(H,25,35)(H,29,31)(H,32,33)(H2,26,27,28)/t18-/m1/s1. The number of carbonyl (C=O) groups excluding carboxylic acids is 2. The number of guanidine groups is 1. The van der Waals surface area contributed by atoms with Gasteiger partial charge in [-0.15, -0.1) is 0 Å². The van der Waals surface area contributed by atoms with Crippen molar-refractivity contribution in [3.63, 3.8) is 0 Å². The van der Waals surface area contributed by atoms with Gasteiger partial charge in [-0.2, -0.15) is 0 Å². The van der Waals surface area contributed by atoms with Crippen molar-refractivity contribution in [2.24, 2.45) is 4.99 Å². The summed E-state index contributed by atoms with van der Waals surface area (Å²) < 4.78 is 0. The smallest absolute Gasteiger partial charge is 0.305 e. The number of phenols is 1. The molecule has 1 aliphatic heterocycles. The number of aliphatic imine (C=N–C) groups is 1. The second kappa shape index (κ2) is 11.5. The number of aliphatic hydroxyl groups is 1. The van der Waals surface area contributed by atoms with Crippen LogP contribution in [0.15, 0.2) is 41.4 Å². The highest BCUT2D eigenvalue weighted by Gasteiger charge is 2.23. The zero-order valence-electron chi connectivity index (χ0n) is 18.8. The van der Waals surface area contributed by atoms with E-state index >= 15 is 0 Å². The number of phenolic OH excluding ortho intramolecular Hbond substituents is 1. The minimum absolute atomic E-state index is 0.166. The van der Waals surface area contributed by atoms with E-state index in [9.17, 15) is 29.7 Å². The molecule has 3 rings (SSSR count). The fourth-order valence-corrected chi connectivity index (χ4v) is 3.72. The van der Waals surface area contributed by atoms with Crippen LogP contribution in [0.4, 0.5) is 5.69 Å². The Bertz CT molecular complexity index is 1160. The van der Waals surface area contributed by atoms with Gasteiger partial charge >= 0.3 is 5.97 Å². The van der Waals surface area contributed by atoms with E-state index in [4.69, 9.17) is 11.6 Å². The number of aromatic hydroxyl groups is 1. The van der Waals surface area contributed by atoms with Crippen molar-refractivity contribution in [1.29, 1.82) is 0 Å². The molecule has 0 spiro atoms. The maximum absolute atomic E-state index is 12.6. The first kappa shape index (κ1) is 25.8. The highest BCUT2D eigenvalue weighted by Crippen LogP contribution is 2.32. The van der Waals surface area contributed by atoms with Gasteiger partial charge in [0.1, 0.15) is 5.75 Å². The molecule has 0 fully saturated rings. The van der Waals surface area contributed by atoms with E-state index in [0.29, 0.717) is 23.8 Å². The number of carboxylic acids is 1. The SMILES string of the molecule is Cc1cc(Cl)cc([C@@H](CC(=O)O)NC(=O)CNC(=O)c2cccc(NC3=NCC(O)CN3)c2)c1O. The molecule has 0 aromatic heterocycles. The lowest BCUT2D eigenvalue weighted by Gasteiger charge is -2.20. The lowest BCUT2D eigenvalue weighted by Crippen LogP contribution is -2.42. The molecule has 0 saturated carbocycles. The summed E-state index contributed by atoms with van der Waals surface area (Å²) in [4.78, 5) is 40.5. The van der Waals surface area contributed by atoms with Gasteiger partial charge in [0.05, 0.1) is 31.7 Å². The fraction of sp³-hybridized carbons (Fsp3) is 0.304. The second-order valence-corrected chi connectivity index (χ2v) is 8.43. The average molecular weight is 504 g/mol. The fourth-order valence-electron chi connectivity index (χ4n) is 3.44. The molecular weight excluding hydrogens is 478 g/mol. The minimum Gasteiger partial charge on any atom is -0.507 e. The summed E-state index contributed by atoms with van der Waals surface area (Å²) in [5.41, 5.74) is 1.47. The summed E-state index contributed by atoms with van der Waals surface area (Å²) in [6.45, 7) is 1.81. The van der Waals surface area contributed by atoms with Crippen LogP contribution in [-0.2, 0) is 9.59 Å². The second-order valence-electron chi connectivity index (χ2n) is 7.99. The maximum Gasteiger partial charge on any atom is 0.305 e. The number of carboxylic acid groups (broad SMARTS) is 1. The van der Waals surface area contributed by atoms with E-state index in [1.54, 1.807) is 31.2 Å². The lowest BCUT2D eigenvalue weighted by molar-refractivity contribution is -0.137. The van der Waals surface area contributed by atoms with Crippen molar-refractivity contribution < 1.29 is 29.7 Å². The monoisotopic (exact) mass is 503 g/mol. The summed E-state index contributed by atoms with van der Waals surface area (Å²) in [5, 5.41) is 40.3. The van der Waals surface area contributed by atoms with Crippen LogP contribution in [0.2, 0.25) is 5.02 Å². The number of rotatable bonds is 8. The largest absolute Gasteiger partial charge is 0.507 e. The van der Waals surface area contributed by atoms with Crippen LogP contribution in [-0.4, -0.2) is 64.8 Å². The van der Waals surface area contributed by atoms with Crippen LogP contribution < -0.4 is 21.3 Å². The first-order chi connectivity index (χ1) is 16.6. The summed E-state index contributed by atoms with van der Waals surface area (Å²) in [6, 6.07) is 8.38. The number of aliphatic hydroxyl groups excluding tert-OH is 1. The molecule has 2 aromatic rings. The number of hydrogen-bond donors (Lipinski definition) is 7. The topological polar surface area (TPSA) is 172 Å². The van der Waals surface area contributed by atoms with Gasteiger partial charge in [0.2, 0.25) is 5.91 Å². The number of anilines is 1. The molecule has 0 saturated heterocycles. The third-order valence-corrected chi connectivity index (χ3v) is 5.36. The Morgan fingerprint density at radius 3 is 2.71 bits per heavy atom. The van der Waals surface area contributed by atoms with Gasteiger partial charge in [0, 0.05) is 28.4 Å². The van der Waals surface area contributed by atoms with Gasteiger partial charge in [-0.25, -0.2) is 0 Å². The van der Waals surface area contributed by atoms with Crippen LogP contribution in [0.3, 0.4) is 0 Å². The predicted molar refractivity (Wildman–Crippen MR) is 130 cm³/mol. The minimum atomic E-state index is -1.19. The predicted octanol–water partition coefficient (Wildman–Crippen LogP) is 1.15. The number of nitrogens with one attached hydrogen (secondary N) is 4. The Hall–Kier alpha value is -3.83. The third kappa shape index (κ3) is 7.33. The van der Waals surface area contributed by atoms with Gasteiger partial charge in [0.15, 0.2) is 5.96 Å². The van der Waals surface area contributed by atoms with Gasteiger partial charge in [-0.05, 0) is 42.8 Å². The highest BCUT2D eigenvalue weighted by molar-refractivity contribution is 6.30. The molecular formula is C23H26ClN5O6. The maximum atomic E-state index is 12.6. The molecule has 1 heterocycles. The van der Waals surface area contributed by atoms with Gasteiger partial charge in [0.25, 0.3) is 5.91 Å². The van der Waals surface area contributed by atoms with E-state index in [1.165, 1.54) is 12.1 Å². The highest BCUT2D eigenvalue weighted by atomic mass is 35.5. The van der Waals surface area contributed by atoms with E-state index in [-0.39, 0.29) is 28.4 Å². The summed E-state index contributed by atoms with van der Waals surface area (Å²) in [6.07, 6.45) is -1.04. The molecule has 1 aliphatic rings. The van der Waals surface area contributed by atoms with Gasteiger partial charge in [-0.3, -0.25) is 19.4 Å². The molecule has 0 aliphatic carbocycles. The van der Waals surface area contributed by atoms with Gasteiger partial charge in [-0.1, -0.05) is 17.7 Å². The molecule has 0 radical (unpaired) electrons. The Balaban J connectivity index is 1.62. The van der Waals surface area contributed by atoms with E-state index in [0.717, 1.165) is 0 Å². The Morgan fingerprint density at radius 1 is 1.26 bits per heavy atom. The quantitative estimate of drug-likeness (QED) is 0.281. The van der Waals surface area contributed by atoms with Crippen LogP contribution in [0.25, 0.3) is 0 Å². The molecule has 35 heavy (non-hydrogen) atoms. The van der Waals surface area contributed by atoms with Crippen LogP contribution in [0.1, 0.15) is 33.9 Å². The number of amides is 2. The van der Waals surface area contributed by atoms with E-state index < -0.39 is 42.9 Å². The van der Waals surface area contributed by atoms with Crippen molar-refractivity contribution in [1.82, 2.24) is 16.0 Å². The van der Waals surface area contributed by atoms with E-state index in [2.05, 4.69) is 26.3 Å². The van der Waals surface area contributed by atoms with Crippen LogP contribution in [0, 0.1) is 6.92 Å². The zero-order valence-corrected chi connectivity index (χ0v) is 19.6. The van der Waals surface area contributed by atoms with Crippen molar-refractivity contribution in [2.75, 3.05) is 25.0 Å². The van der Waals surface area contributed by atoms with E-state index in [1.807, 2.05) is 0 Å². The Morgan fingerprint density at radius 2 is 2.03 bits per heavy atom. The molecule has 11 nitrogen and oxygen atoms in total. The van der Waals surface area contributed by atoms with Crippen LogP contribution in [0.5, 0.6) is 5.75 Å². The number of nitrogens with zero attached hydrogens (tertiary/aromatic N) is 1. The molecule has 1 unspecified atom stereocenters. The van der Waals surface area contributed by atoms with Crippen molar-refractivity contribution >= 4 is 41.0 Å². The summed E-state index contributed by atoms with van der Waals surface area (Å²) >= 11 is 6.03. The van der Waals surface area contributed by atoms with Crippen molar-refractivity contribution in [3.05, 3.63) is 58.1 Å². The number of β-amino-alcohol motifs (C(OH)–C–C–N with tert-alkyl or cyclic N) is 1. The number of hydrogen-bond acceptors (Lipinski definition) is 8. The Kier molecular flexibility index (Phi) is 8.50. The van der Waals surface area contributed by atoms with Gasteiger partial charge < -0.3 is 36.6 Å². The zero-order chi connectivity index (χ0) is 25.5. The Labute approximate surface area is 206 Å². The molecule has 12 heteroatoms.